The maximum Gasteiger partial charge on any atom is 0.291 e. The zero-order valence-corrected chi connectivity index (χ0v) is 10.8. The Labute approximate surface area is 114 Å². The summed E-state index contributed by atoms with van der Waals surface area (Å²) in [5.74, 6) is -0.521. The minimum absolute atomic E-state index is 0.168. The first-order valence-corrected chi connectivity index (χ1v) is 5.86. The van der Waals surface area contributed by atoms with E-state index in [-0.39, 0.29) is 11.7 Å². The van der Waals surface area contributed by atoms with Gasteiger partial charge in [0, 0.05) is 12.6 Å². The van der Waals surface area contributed by atoms with Crippen LogP contribution in [0.1, 0.15) is 20.9 Å². The predicted molar refractivity (Wildman–Crippen MR) is 71.5 cm³/mol. The van der Waals surface area contributed by atoms with Crippen molar-refractivity contribution in [2.45, 2.75) is 0 Å². The van der Waals surface area contributed by atoms with E-state index in [2.05, 4.69) is 10.6 Å². The van der Waals surface area contributed by atoms with Crippen molar-refractivity contribution >= 4 is 29.1 Å². The average molecular weight is 279 g/mol. The Hall–Kier alpha value is -2.27. The smallest absolute Gasteiger partial charge is 0.291 e. The van der Waals surface area contributed by atoms with Crippen LogP contribution in [0.2, 0.25) is 5.02 Å². The molecule has 2 N–H and O–H groups in total. The highest BCUT2D eigenvalue weighted by molar-refractivity contribution is 6.34. The minimum Gasteiger partial charge on any atom is -0.459 e. The van der Waals surface area contributed by atoms with Crippen molar-refractivity contribution in [2.75, 3.05) is 12.4 Å². The molecule has 0 aliphatic rings. The van der Waals surface area contributed by atoms with E-state index in [4.69, 9.17) is 16.0 Å². The first-order chi connectivity index (χ1) is 9.11. The van der Waals surface area contributed by atoms with Crippen LogP contribution in [-0.2, 0) is 0 Å². The molecule has 0 aliphatic carbocycles. The SMILES string of the molecule is CNC(=O)c1ccc(Cl)c(NC(=O)c2ccco2)c1. The number of benzene rings is 1. The van der Waals surface area contributed by atoms with Crippen LogP contribution in [0.3, 0.4) is 0 Å². The number of carbonyl (C=O) groups excluding carboxylic acids is 2. The molecule has 6 heteroatoms. The summed E-state index contributed by atoms with van der Waals surface area (Å²) in [6, 6.07) is 7.76. The van der Waals surface area contributed by atoms with E-state index in [9.17, 15) is 9.59 Å². The molecule has 0 unspecified atom stereocenters. The normalized spacial score (nSPS) is 10.0. The number of amides is 2. The molecular formula is C13H11ClN2O3. The van der Waals surface area contributed by atoms with Gasteiger partial charge in [-0.2, -0.15) is 0 Å². The number of hydrogen-bond donors (Lipinski definition) is 2. The topological polar surface area (TPSA) is 71.3 Å². The van der Waals surface area contributed by atoms with E-state index in [1.165, 1.54) is 25.4 Å². The molecule has 0 atom stereocenters. The largest absolute Gasteiger partial charge is 0.459 e. The molecule has 0 saturated heterocycles. The molecule has 19 heavy (non-hydrogen) atoms. The van der Waals surface area contributed by atoms with Gasteiger partial charge in [-0.3, -0.25) is 9.59 Å². The first kappa shape index (κ1) is 13.2. The Morgan fingerprint density at radius 1 is 1.21 bits per heavy atom. The monoisotopic (exact) mass is 278 g/mol. The highest BCUT2D eigenvalue weighted by Crippen LogP contribution is 2.23. The second-order valence-electron chi connectivity index (χ2n) is 3.71. The average Bonchev–Trinajstić information content (AvgIpc) is 2.94. The summed E-state index contributed by atoms with van der Waals surface area (Å²) in [7, 11) is 1.53. The van der Waals surface area contributed by atoms with Crippen LogP contribution in [0.25, 0.3) is 0 Å². The van der Waals surface area contributed by atoms with Crippen LogP contribution in [0.15, 0.2) is 41.0 Å². The summed E-state index contributed by atoms with van der Waals surface area (Å²) in [6.07, 6.45) is 1.40. The van der Waals surface area contributed by atoms with Crippen molar-refractivity contribution in [1.29, 1.82) is 0 Å². The quantitative estimate of drug-likeness (QED) is 0.906. The van der Waals surface area contributed by atoms with E-state index in [1.54, 1.807) is 18.2 Å². The van der Waals surface area contributed by atoms with Gasteiger partial charge in [0.25, 0.3) is 11.8 Å². The lowest BCUT2D eigenvalue weighted by atomic mass is 10.2. The number of carbonyl (C=O) groups is 2. The standard InChI is InChI=1S/C13H11ClN2O3/c1-15-12(17)8-4-5-9(14)10(7-8)16-13(18)11-3-2-6-19-11/h2-7H,1H3,(H,15,17)(H,16,18). The molecule has 0 spiro atoms. The minimum atomic E-state index is -0.430. The van der Waals surface area contributed by atoms with Crippen molar-refractivity contribution < 1.29 is 14.0 Å². The van der Waals surface area contributed by atoms with E-state index >= 15 is 0 Å². The highest BCUT2D eigenvalue weighted by Gasteiger charge is 2.13. The fourth-order valence-corrected chi connectivity index (χ4v) is 1.66. The van der Waals surface area contributed by atoms with E-state index in [0.717, 1.165) is 0 Å². The predicted octanol–water partition coefficient (Wildman–Crippen LogP) is 2.54. The molecule has 0 radical (unpaired) electrons. The van der Waals surface area contributed by atoms with Crippen LogP contribution in [0, 0.1) is 0 Å². The lowest BCUT2D eigenvalue weighted by Crippen LogP contribution is -2.18. The van der Waals surface area contributed by atoms with Gasteiger partial charge in [-0.05, 0) is 30.3 Å². The van der Waals surface area contributed by atoms with Gasteiger partial charge in [0.1, 0.15) is 0 Å². The summed E-state index contributed by atoms with van der Waals surface area (Å²) in [6.45, 7) is 0. The molecule has 1 aromatic carbocycles. The van der Waals surface area contributed by atoms with Crippen LogP contribution in [0.4, 0.5) is 5.69 Å². The summed E-state index contributed by atoms with van der Waals surface area (Å²) >= 11 is 5.97. The molecular weight excluding hydrogens is 268 g/mol. The van der Waals surface area contributed by atoms with Crippen molar-refractivity contribution in [3.8, 4) is 0 Å². The maximum atomic E-state index is 11.8. The Morgan fingerprint density at radius 3 is 2.63 bits per heavy atom. The van der Waals surface area contributed by atoms with Gasteiger partial charge in [-0.15, -0.1) is 0 Å². The number of nitrogens with one attached hydrogen (secondary N) is 2. The van der Waals surface area contributed by atoms with Crippen LogP contribution < -0.4 is 10.6 Å². The first-order valence-electron chi connectivity index (χ1n) is 5.48. The maximum absolute atomic E-state index is 11.8. The molecule has 0 saturated carbocycles. The third-order valence-electron chi connectivity index (χ3n) is 2.45. The van der Waals surface area contributed by atoms with Gasteiger partial charge in [0.2, 0.25) is 0 Å². The molecule has 2 aromatic rings. The third kappa shape index (κ3) is 2.95. The number of hydrogen-bond acceptors (Lipinski definition) is 3. The summed E-state index contributed by atoms with van der Waals surface area (Å²) in [4.78, 5) is 23.3. The van der Waals surface area contributed by atoms with Gasteiger partial charge in [-0.25, -0.2) is 0 Å². The van der Waals surface area contributed by atoms with Crippen molar-refractivity contribution in [3.05, 3.63) is 52.9 Å². The van der Waals surface area contributed by atoms with E-state index < -0.39 is 5.91 Å². The zero-order chi connectivity index (χ0) is 13.8. The lowest BCUT2D eigenvalue weighted by molar-refractivity contribution is 0.0960. The zero-order valence-electron chi connectivity index (χ0n) is 10.1. The van der Waals surface area contributed by atoms with Crippen molar-refractivity contribution in [3.63, 3.8) is 0 Å². The number of anilines is 1. The van der Waals surface area contributed by atoms with Gasteiger partial charge in [-0.1, -0.05) is 11.6 Å². The molecule has 2 amide bonds. The third-order valence-corrected chi connectivity index (χ3v) is 2.78. The molecule has 1 heterocycles. The van der Waals surface area contributed by atoms with Gasteiger partial charge in [0.15, 0.2) is 5.76 Å². The van der Waals surface area contributed by atoms with Crippen LogP contribution in [-0.4, -0.2) is 18.9 Å². The number of rotatable bonds is 3. The van der Waals surface area contributed by atoms with E-state index in [0.29, 0.717) is 16.3 Å². The Morgan fingerprint density at radius 2 is 2.00 bits per heavy atom. The number of halogens is 1. The van der Waals surface area contributed by atoms with Gasteiger partial charge >= 0.3 is 0 Å². The summed E-state index contributed by atoms with van der Waals surface area (Å²) in [5, 5.41) is 5.42. The Kier molecular flexibility index (Phi) is 3.87. The Balaban J connectivity index is 2.24. The molecule has 0 bridgehead atoms. The molecule has 5 nitrogen and oxygen atoms in total. The van der Waals surface area contributed by atoms with Gasteiger partial charge < -0.3 is 15.1 Å². The fourth-order valence-electron chi connectivity index (χ4n) is 1.50. The van der Waals surface area contributed by atoms with Crippen LogP contribution in [0.5, 0.6) is 0 Å². The summed E-state index contributed by atoms with van der Waals surface area (Å²) in [5.41, 5.74) is 0.755. The second kappa shape index (κ2) is 5.58. The lowest BCUT2D eigenvalue weighted by Gasteiger charge is -2.08. The summed E-state index contributed by atoms with van der Waals surface area (Å²) < 4.78 is 4.97. The highest BCUT2D eigenvalue weighted by atomic mass is 35.5. The molecule has 0 fully saturated rings. The molecule has 2 rings (SSSR count). The molecule has 1 aromatic heterocycles. The fraction of sp³-hybridized carbons (Fsp3) is 0.0769. The van der Waals surface area contributed by atoms with Crippen molar-refractivity contribution in [2.24, 2.45) is 0 Å². The molecule has 98 valence electrons. The Bertz CT molecular complexity index is 608. The van der Waals surface area contributed by atoms with Crippen molar-refractivity contribution in [1.82, 2.24) is 5.32 Å². The second-order valence-corrected chi connectivity index (χ2v) is 4.11. The van der Waals surface area contributed by atoms with Gasteiger partial charge in [0.05, 0.1) is 17.0 Å². The molecule has 0 aliphatic heterocycles. The number of furan rings is 1. The van der Waals surface area contributed by atoms with E-state index in [1.807, 2.05) is 0 Å². The van der Waals surface area contributed by atoms with Crippen LogP contribution >= 0.6 is 11.6 Å².